The third-order valence-electron chi connectivity index (χ3n) is 5.38. The van der Waals surface area contributed by atoms with Gasteiger partial charge in [0.05, 0.1) is 5.56 Å². The zero-order valence-electron chi connectivity index (χ0n) is 17.3. The van der Waals surface area contributed by atoms with E-state index in [9.17, 15) is 9.36 Å². The third kappa shape index (κ3) is 5.14. The van der Waals surface area contributed by atoms with E-state index in [0.29, 0.717) is 5.56 Å². The molecule has 0 heterocycles. The highest BCUT2D eigenvalue weighted by atomic mass is 31.1. The van der Waals surface area contributed by atoms with Crippen LogP contribution in [0.2, 0.25) is 0 Å². The molecule has 2 aromatic rings. The minimum atomic E-state index is -2.05. The fourth-order valence-corrected chi connectivity index (χ4v) is 6.07. The molecule has 0 aliphatic heterocycles. The predicted octanol–water partition coefficient (Wildman–Crippen LogP) is 7.54. The van der Waals surface area contributed by atoms with E-state index < -0.39 is 7.80 Å². The Labute approximate surface area is 165 Å². The molecule has 3 heteroatoms. The highest BCUT2D eigenvalue weighted by Crippen LogP contribution is 2.51. The molecule has 0 radical (unpaired) electrons. The number of hydrogen-bond acceptors (Lipinski definition) is 2. The first-order valence-corrected chi connectivity index (χ1v) is 11.4. The predicted molar refractivity (Wildman–Crippen MR) is 115 cm³/mol. The van der Waals surface area contributed by atoms with Gasteiger partial charge in [0.25, 0.3) is 0 Å². The average molecular weight is 383 g/mol. The van der Waals surface area contributed by atoms with Crippen molar-refractivity contribution in [2.24, 2.45) is 5.92 Å². The van der Waals surface area contributed by atoms with Crippen molar-refractivity contribution in [2.75, 3.05) is 0 Å². The summed E-state index contributed by atoms with van der Waals surface area (Å²) in [6.07, 6.45) is 4.15. The molecule has 0 bridgehead atoms. The number of aryl methyl sites for hydroxylation is 3. The van der Waals surface area contributed by atoms with Gasteiger partial charge in [-0.1, -0.05) is 79.3 Å². The van der Waals surface area contributed by atoms with E-state index >= 15 is 0 Å². The van der Waals surface area contributed by atoms with Crippen LogP contribution in [0.25, 0.3) is 0 Å². The second-order valence-corrected chi connectivity index (χ2v) is 9.18. The standard InChI is InChI=1S/C24H32O2P/c1-6-8-12-20(7-2)23(21-13-10-9-11-14-21)27(26)24(25)22-18(4)15-17(3)16-19(22)5/h9-11,13-16,20,23H,6-8,12H2,1-5H3/q+1. The van der Waals surface area contributed by atoms with Crippen LogP contribution < -0.4 is 0 Å². The lowest BCUT2D eigenvalue weighted by molar-refractivity contribution is 0.107. The molecule has 0 aliphatic rings. The van der Waals surface area contributed by atoms with Crippen LogP contribution in [-0.2, 0) is 4.57 Å². The summed E-state index contributed by atoms with van der Waals surface area (Å²) in [4.78, 5) is 13.3. The maximum Gasteiger partial charge on any atom is 0.428 e. The summed E-state index contributed by atoms with van der Waals surface area (Å²) in [5.41, 5.74) is 4.24. The van der Waals surface area contributed by atoms with Gasteiger partial charge in [0.2, 0.25) is 0 Å². The van der Waals surface area contributed by atoms with E-state index in [4.69, 9.17) is 0 Å². The van der Waals surface area contributed by atoms with E-state index in [0.717, 1.165) is 47.9 Å². The first-order valence-electron chi connectivity index (χ1n) is 10.0. The van der Waals surface area contributed by atoms with E-state index in [1.54, 1.807) is 0 Å². The van der Waals surface area contributed by atoms with Gasteiger partial charge in [-0.05, 0) is 44.7 Å². The Morgan fingerprint density at radius 3 is 2.11 bits per heavy atom. The molecule has 0 N–H and O–H groups in total. The summed E-state index contributed by atoms with van der Waals surface area (Å²) < 4.78 is 13.6. The molecule has 0 saturated heterocycles. The number of carbonyl (C=O) groups excluding carboxylic acids is 1. The lowest BCUT2D eigenvalue weighted by atomic mass is 9.91. The summed E-state index contributed by atoms with van der Waals surface area (Å²) in [5, 5.41) is 0. The molecule has 0 spiro atoms. The SMILES string of the molecule is CCCCC(CC)C(c1ccccc1)[P+](=O)C(=O)c1c(C)cc(C)cc1C. The number of hydrogen-bond donors (Lipinski definition) is 0. The lowest BCUT2D eigenvalue weighted by Crippen LogP contribution is -2.13. The van der Waals surface area contributed by atoms with Crippen molar-refractivity contribution in [1.82, 2.24) is 0 Å². The Morgan fingerprint density at radius 2 is 1.59 bits per heavy atom. The maximum absolute atomic E-state index is 13.6. The monoisotopic (exact) mass is 383 g/mol. The fraction of sp³-hybridized carbons (Fsp3) is 0.458. The smallest absolute Gasteiger partial charge is 0.234 e. The molecule has 0 amide bonds. The van der Waals surface area contributed by atoms with Gasteiger partial charge in [-0.3, -0.25) is 0 Å². The zero-order valence-corrected chi connectivity index (χ0v) is 18.2. The van der Waals surface area contributed by atoms with Crippen LogP contribution in [0.1, 0.15) is 77.8 Å². The molecule has 2 aromatic carbocycles. The van der Waals surface area contributed by atoms with E-state index in [-0.39, 0.29) is 17.1 Å². The molecule has 3 unspecified atom stereocenters. The first kappa shape index (κ1) is 21.5. The van der Waals surface area contributed by atoms with Crippen LogP contribution in [0.4, 0.5) is 0 Å². The molecule has 0 fully saturated rings. The number of unbranched alkanes of at least 4 members (excludes halogenated alkanes) is 1. The third-order valence-corrected chi connectivity index (χ3v) is 7.23. The molecule has 0 aliphatic carbocycles. The van der Waals surface area contributed by atoms with Crippen molar-refractivity contribution < 1.29 is 9.36 Å². The number of benzene rings is 2. The lowest BCUT2D eigenvalue weighted by Gasteiger charge is -2.19. The van der Waals surface area contributed by atoms with Gasteiger partial charge >= 0.3 is 13.3 Å². The van der Waals surface area contributed by atoms with Crippen LogP contribution >= 0.6 is 7.80 Å². The van der Waals surface area contributed by atoms with Crippen LogP contribution in [0.15, 0.2) is 42.5 Å². The average Bonchev–Trinajstić information content (AvgIpc) is 2.64. The minimum Gasteiger partial charge on any atom is -0.234 e. The summed E-state index contributed by atoms with van der Waals surface area (Å²) in [7, 11) is -2.05. The van der Waals surface area contributed by atoms with Crippen molar-refractivity contribution in [2.45, 2.75) is 66.0 Å². The van der Waals surface area contributed by atoms with Gasteiger partial charge in [-0.2, -0.15) is 0 Å². The fourth-order valence-electron chi connectivity index (χ4n) is 4.05. The topological polar surface area (TPSA) is 34.1 Å². The molecule has 144 valence electrons. The van der Waals surface area contributed by atoms with E-state index in [1.165, 1.54) is 0 Å². The van der Waals surface area contributed by atoms with Crippen LogP contribution in [0.5, 0.6) is 0 Å². The van der Waals surface area contributed by atoms with Gasteiger partial charge in [0, 0.05) is 11.5 Å². The Kier molecular flexibility index (Phi) is 7.92. The first-order chi connectivity index (χ1) is 12.9. The van der Waals surface area contributed by atoms with Crippen molar-refractivity contribution in [1.29, 1.82) is 0 Å². The Morgan fingerprint density at radius 1 is 1.00 bits per heavy atom. The molecule has 3 atom stereocenters. The Hall–Kier alpha value is -1.79. The van der Waals surface area contributed by atoms with Gasteiger partial charge in [0.1, 0.15) is 0 Å². The second kappa shape index (κ2) is 9.95. The zero-order chi connectivity index (χ0) is 20.0. The summed E-state index contributed by atoms with van der Waals surface area (Å²) in [5.74, 6) is 0.256. The quantitative estimate of drug-likeness (QED) is 0.419. The minimum absolute atomic E-state index is 0.191. The molecular weight excluding hydrogens is 351 g/mol. The maximum atomic E-state index is 13.6. The molecular formula is C24H32O2P+. The van der Waals surface area contributed by atoms with Gasteiger partial charge in [-0.25, -0.2) is 4.79 Å². The molecule has 27 heavy (non-hydrogen) atoms. The van der Waals surface area contributed by atoms with Crippen LogP contribution in [-0.4, -0.2) is 5.52 Å². The van der Waals surface area contributed by atoms with E-state index in [2.05, 4.69) is 13.8 Å². The van der Waals surface area contributed by atoms with E-state index in [1.807, 2.05) is 63.2 Å². The summed E-state index contributed by atoms with van der Waals surface area (Å²) >= 11 is 0. The number of rotatable bonds is 9. The van der Waals surface area contributed by atoms with Crippen molar-refractivity contribution in [3.8, 4) is 0 Å². The normalized spacial score (nSPS) is 13.9. The van der Waals surface area contributed by atoms with Crippen molar-refractivity contribution in [3.05, 3.63) is 70.3 Å². The second-order valence-electron chi connectivity index (χ2n) is 7.57. The van der Waals surface area contributed by atoms with Gasteiger partial charge < -0.3 is 0 Å². The van der Waals surface area contributed by atoms with Crippen LogP contribution in [0, 0.1) is 26.7 Å². The molecule has 2 nitrogen and oxygen atoms in total. The highest BCUT2D eigenvalue weighted by molar-refractivity contribution is 7.64. The molecule has 0 aromatic heterocycles. The highest BCUT2D eigenvalue weighted by Gasteiger charge is 2.45. The molecule has 0 saturated carbocycles. The largest absolute Gasteiger partial charge is 0.428 e. The summed E-state index contributed by atoms with van der Waals surface area (Å²) in [6, 6.07) is 14.0. The Bertz CT molecular complexity index is 772. The van der Waals surface area contributed by atoms with Gasteiger partial charge in [-0.15, -0.1) is 0 Å². The summed E-state index contributed by atoms with van der Waals surface area (Å²) in [6.45, 7) is 10.2. The van der Waals surface area contributed by atoms with Crippen LogP contribution in [0.3, 0.4) is 0 Å². The van der Waals surface area contributed by atoms with Crippen molar-refractivity contribution in [3.63, 3.8) is 0 Å². The molecule has 2 rings (SSSR count). The van der Waals surface area contributed by atoms with Crippen molar-refractivity contribution >= 4 is 13.3 Å². The number of carbonyl (C=O) groups is 1. The van der Waals surface area contributed by atoms with Gasteiger partial charge in [0.15, 0.2) is 5.66 Å². The Balaban J connectivity index is 2.46.